The highest BCUT2D eigenvalue weighted by Gasteiger charge is 2.20. The lowest BCUT2D eigenvalue weighted by atomic mass is 10.1. The topological polar surface area (TPSA) is 122 Å². The van der Waals surface area contributed by atoms with Crippen LogP contribution in [0, 0.1) is 11.8 Å². The van der Waals surface area contributed by atoms with Gasteiger partial charge in [0.05, 0.1) is 36.3 Å². The Morgan fingerprint density at radius 2 is 2.00 bits per heavy atom. The van der Waals surface area contributed by atoms with Gasteiger partial charge in [0.15, 0.2) is 0 Å². The van der Waals surface area contributed by atoms with Crippen LogP contribution in [0.15, 0.2) is 61.4 Å². The molecule has 0 aliphatic heterocycles. The Hall–Kier alpha value is -5.14. The van der Waals surface area contributed by atoms with E-state index >= 15 is 0 Å². The molecule has 0 aliphatic carbocycles. The molecule has 10 heteroatoms. The van der Waals surface area contributed by atoms with Gasteiger partial charge < -0.3 is 25.0 Å². The number of nitrogens with one attached hydrogen (secondary N) is 2. The maximum Gasteiger partial charge on any atom is 0.339 e. The van der Waals surface area contributed by atoms with Gasteiger partial charge in [-0.05, 0) is 32.3 Å². The molecule has 4 aromatic rings. The Morgan fingerprint density at radius 1 is 1.23 bits per heavy atom. The third-order valence-corrected chi connectivity index (χ3v) is 5.82. The average molecular weight is 525 g/mol. The van der Waals surface area contributed by atoms with Gasteiger partial charge in [0.2, 0.25) is 11.9 Å². The number of anilines is 3. The van der Waals surface area contributed by atoms with Gasteiger partial charge in [-0.25, -0.2) is 14.8 Å². The lowest BCUT2D eigenvalue weighted by Gasteiger charge is -2.15. The van der Waals surface area contributed by atoms with Crippen molar-refractivity contribution in [1.82, 2.24) is 19.4 Å². The molecule has 39 heavy (non-hydrogen) atoms. The van der Waals surface area contributed by atoms with E-state index in [0.717, 1.165) is 10.9 Å². The summed E-state index contributed by atoms with van der Waals surface area (Å²) in [6, 6.07) is 11.0. The number of hydrogen-bond acceptors (Lipinski definition) is 7. The number of carbonyl (C=O) groups excluding carboxylic acids is 1. The fourth-order valence-electron chi connectivity index (χ4n) is 3.98. The van der Waals surface area contributed by atoms with Crippen LogP contribution in [-0.2, 0) is 11.8 Å². The second-order valence-electron chi connectivity index (χ2n) is 8.89. The number of carboxylic acids is 1. The molecular formula is C29H28N6O4. The van der Waals surface area contributed by atoms with Gasteiger partial charge in [-0.1, -0.05) is 36.6 Å². The molecule has 0 fully saturated rings. The molecule has 2 heterocycles. The fourth-order valence-corrected chi connectivity index (χ4v) is 3.98. The van der Waals surface area contributed by atoms with E-state index < -0.39 is 11.9 Å². The average Bonchev–Trinajstić information content (AvgIpc) is 3.25. The summed E-state index contributed by atoms with van der Waals surface area (Å²) in [4.78, 5) is 34.9. The molecule has 0 radical (unpaired) electrons. The predicted molar refractivity (Wildman–Crippen MR) is 151 cm³/mol. The van der Waals surface area contributed by atoms with Gasteiger partial charge in [0.25, 0.3) is 0 Å². The number of fused-ring (bicyclic) bond motifs is 1. The van der Waals surface area contributed by atoms with Crippen molar-refractivity contribution in [3.05, 3.63) is 72.6 Å². The quantitative estimate of drug-likeness (QED) is 0.232. The van der Waals surface area contributed by atoms with E-state index in [0.29, 0.717) is 34.8 Å². The highest BCUT2D eigenvalue weighted by molar-refractivity contribution is 6.02. The number of amides is 1. The third kappa shape index (κ3) is 5.89. The van der Waals surface area contributed by atoms with Crippen molar-refractivity contribution < 1.29 is 19.4 Å². The summed E-state index contributed by atoms with van der Waals surface area (Å²) >= 11 is 0. The summed E-state index contributed by atoms with van der Waals surface area (Å²) < 4.78 is 7.50. The Balaban J connectivity index is 1.81. The van der Waals surface area contributed by atoms with Crippen LogP contribution in [0.3, 0.4) is 0 Å². The molecule has 0 atom stereocenters. The second-order valence-corrected chi connectivity index (χ2v) is 8.89. The molecule has 0 saturated heterocycles. The van der Waals surface area contributed by atoms with Crippen LogP contribution >= 0.6 is 0 Å². The number of benzene rings is 2. The van der Waals surface area contributed by atoms with Crippen molar-refractivity contribution in [3.63, 3.8) is 0 Å². The summed E-state index contributed by atoms with van der Waals surface area (Å²) in [7, 11) is 7.21. The zero-order valence-electron chi connectivity index (χ0n) is 22.1. The number of aromatic carboxylic acids is 1. The first-order chi connectivity index (χ1) is 18.7. The minimum atomic E-state index is -1.14. The number of ether oxygens (including phenoxy) is 1. The van der Waals surface area contributed by atoms with Gasteiger partial charge in [-0.2, -0.15) is 0 Å². The summed E-state index contributed by atoms with van der Waals surface area (Å²) in [5, 5.41) is 16.6. The van der Waals surface area contributed by atoms with E-state index in [4.69, 9.17) is 4.74 Å². The van der Waals surface area contributed by atoms with Crippen molar-refractivity contribution in [2.45, 2.75) is 0 Å². The van der Waals surface area contributed by atoms with Crippen LogP contribution in [0.2, 0.25) is 0 Å². The van der Waals surface area contributed by atoms with E-state index in [-0.39, 0.29) is 17.2 Å². The normalized spacial score (nSPS) is 10.6. The van der Waals surface area contributed by atoms with E-state index in [1.165, 1.54) is 19.4 Å². The zero-order chi connectivity index (χ0) is 28.1. The summed E-state index contributed by atoms with van der Waals surface area (Å²) in [6.07, 6.45) is 4.27. The van der Waals surface area contributed by atoms with Crippen molar-refractivity contribution in [1.29, 1.82) is 0 Å². The molecular weight excluding hydrogens is 496 g/mol. The van der Waals surface area contributed by atoms with Crippen molar-refractivity contribution >= 4 is 40.1 Å². The molecule has 2 aromatic carbocycles. The van der Waals surface area contributed by atoms with Crippen LogP contribution < -0.4 is 15.4 Å². The van der Waals surface area contributed by atoms with Gasteiger partial charge in [0, 0.05) is 42.0 Å². The molecule has 4 rings (SSSR count). The molecule has 198 valence electrons. The SMILES string of the molecule is C=CC(=O)Nc1cc(Nc2ncc(C(=O)O)c(-c3cn(C)c4ccccc34)n2)c(OC)cc1C#CCN(C)C. The summed E-state index contributed by atoms with van der Waals surface area (Å²) in [5.41, 5.74) is 3.26. The maximum absolute atomic E-state index is 12.1. The number of carbonyl (C=O) groups is 2. The second kappa shape index (κ2) is 11.5. The van der Waals surface area contributed by atoms with E-state index in [9.17, 15) is 14.7 Å². The zero-order valence-corrected chi connectivity index (χ0v) is 22.1. The van der Waals surface area contributed by atoms with Gasteiger partial charge >= 0.3 is 5.97 Å². The van der Waals surface area contributed by atoms with Crippen molar-refractivity contribution in [3.8, 4) is 28.8 Å². The van der Waals surface area contributed by atoms with Crippen molar-refractivity contribution in [2.24, 2.45) is 7.05 Å². The molecule has 0 unspecified atom stereocenters. The first kappa shape index (κ1) is 26.9. The van der Waals surface area contributed by atoms with Gasteiger partial charge in [-0.15, -0.1) is 0 Å². The number of methoxy groups -OCH3 is 1. The minimum absolute atomic E-state index is 0.0330. The molecule has 0 bridgehead atoms. The first-order valence-corrected chi connectivity index (χ1v) is 11.9. The smallest absolute Gasteiger partial charge is 0.339 e. The lowest BCUT2D eigenvalue weighted by molar-refractivity contribution is -0.111. The third-order valence-electron chi connectivity index (χ3n) is 5.82. The number of rotatable bonds is 8. The number of carboxylic acid groups (broad SMARTS) is 1. The predicted octanol–water partition coefficient (Wildman–Crippen LogP) is 4.12. The lowest BCUT2D eigenvalue weighted by Crippen LogP contribution is -2.12. The van der Waals surface area contributed by atoms with Gasteiger partial charge in [0.1, 0.15) is 11.3 Å². The first-order valence-electron chi connectivity index (χ1n) is 11.9. The highest BCUT2D eigenvalue weighted by Crippen LogP contribution is 2.35. The summed E-state index contributed by atoms with van der Waals surface area (Å²) in [5.74, 6) is 5.15. The van der Waals surface area contributed by atoms with Gasteiger partial charge in [-0.3, -0.25) is 9.69 Å². The molecule has 0 aliphatic rings. The Kier molecular flexibility index (Phi) is 7.93. The molecule has 10 nitrogen and oxygen atoms in total. The van der Waals surface area contributed by atoms with E-state index in [2.05, 4.69) is 39.0 Å². The standard InChI is InChI=1S/C29H28N6O4/c1-6-26(36)31-22-15-23(25(39-5)14-18(22)10-9-13-34(2)3)32-29-30-16-20(28(37)38)27(33-29)21-17-35(4)24-12-8-7-11-19(21)24/h6-8,11-12,14-17H,1,13H2,2-5H3,(H,31,36)(H,37,38)(H,30,32,33). The van der Waals surface area contributed by atoms with Crippen LogP contribution in [0.1, 0.15) is 15.9 Å². The number of hydrogen-bond donors (Lipinski definition) is 3. The number of nitrogens with zero attached hydrogens (tertiary/aromatic N) is 4. The largest absolute Gasteiger partial charge is 0.495 e. The number of para-hydroxylation sites is 1. The van der Waals surface area contributed by atoms with Crippen molar-refractivity contribution in [2.75, 3.05) is 38.4 Å². The highest BCUT2D eigenvalue weighted by atomic mass is 16.5. The molecule has 3 N–H and O–H groups in total. The molecule has 0 spiro atoms. The maximum atomic E-state index is 12.1. The Bertz CT molecular complexity index is 1650. The number of aromatic nitrogens is 3. The summed E-state index contributed by atoms with van der Waals surface area (Å²) in [6.45, 7) is 4.04. The monoisotopic (exact) mass is 524 g/mol. The molecule has 1 amide bonds. The van der Waals surface area contributed by atoms with Crippen LogP contribution in [0.4, 0.5) is 17.3 Å². The fraction of sp³-hybridized carbons (Fsp3) is 0.172. The van der Waals surface area contributed by atoms with Crippen LogP contribution in [0.5, 0.6) is 5.75 Å². The molecule has 0 saturated carbocycles. The number of aryl methyl sites for hydroxylation is 1. The van der Waals surface area contributed by atoms with Crippen LogP contribution in [-0.4, -0.2) is 64.2 Å². The van der Waals surface area contributed by atoms with Crippen LogP contribution in [0.25, 0.3) is 22.2 Å². The van der Waals surface area contributed by atoms with E-state index in [1.54, 1.807) is 12.1 Å². The Labute approximate surface area is 226 Å². The van der Waals surface area contributed by atoms with E-state index in [1.807, 2.05) is 61.1 Å². The molecule has 2 aromatic heterocycles. The Morgan fingerprint density at radius 3 is 2.69 bits per heavy atom. The minimum Gasteiger partial charge on any atom is -0.495 e.